The Labute approximate surface area is 115 Å². The van der Waals surface area contributed by atoms with Crippen molar-refractivity contribution >= 4 is 5.69 Å². The van der Waals surface area contributed by atoms with Crippen molar-refractivity contribution in [3.05, 3.63) is 45.8 Å². The summed E-state index contributed by atoms with van der Waals surface area (Å²) in [5.74, 6) is 0.713. The molecule has 0 amide bonds. The Kier molecular flexibility index (Phi) is 4.72. The lowest BCUT2D eigenvalue weighted by Crippen LogP contribution is -2.18. The first-order chi connectivity index (χ1) is 9.70. The van der Waals surface area contributed by atoms with Crippen molar-refractivity contribution in [2.75, 3.05) is 6.54 Å². The van der Waals surface area contributed by atoms with E-state index in [-0.39, 0.29) is 5.69 Å². The zero-order valence-electron chi connectivity index (χ0n) is 11.2. The topological polar surface area (TPSA) is 98.8 Å². The van der Waals surface area contributed by atoms with Crippen LogP contribution in [0.5, 0.6) is 0 Å². The fourth-order valence-corrected chi connectivity index (χ4v) is 1.79. The smallest absolute Gasteiger partial charge is 0.269 e. The van der Waals surface area contributed by atoms with Crippen LogP contribution in [0, 0.1) is 10.1 Å². The van der Waals surface area contributed by atoms with Gasteiger partial charge in [0.05, 0.1) is 18.0 Å². The summed E-state index contributed by atoms with van der Waals surface area (Å²) >= 11 is 0. The SMILES string of the molecule is CCCNCc1nnnn1Cc1cccc([N+](=O)[O-])c1. The molecule has 1 N–H and O–H groups in total. The number of nitro groups is 1. The average molecular weight is 276 g/mol. The molecule has 1 aromatic carbocycles. The molecule has 20 heavy (non-hydrogen) atoms. The number of tetrazole rings is 1. The van der Waals surface area contributed by atoms with Crippen molar-refractivity contribution in [2.24, 2.45) is 0 Å². The van der Waals surface area contributed by atoms with Gasteiger partial charge in [-0.1, -0.05) is 19.1 Å². The van der Waals surface area contributed by atoms with Gasteiger partial charge in [0.2, 0.25) is 0 Å². The number of benzene rings is 1. The Balaban J connectivity index is 2.08. The van der Waals surface area contributed by atoms with Crippen LogP contribution in [0.15, 0.2) is 24.3 Å². The van der Waals surface area contributed by atoms with Gasteiger partial charge < -0.3 is 5.32 Å². The van der Waals surface area contributed by atoms with Gasteiger partial charge in [0.15, 0.2) is 5.82 Å². The molecule has 2 aromatic rings. The van der Waals surface area contributed by atoms with Crippen LogP contribution in [0.3, 0.4) is 0 Å². The molecule has 0 bridgehead atoms. The second-order valence-electron chi connectivity index (χ2n) is 4.36. The van der Waals surface area contributed by atoms with E-state index in [0.717, 1.165) is 18.5 Å². The number of aromatic nitrogens is 4. The molecule has 1 aromatic heterocycles. The summed E-state index contributed by atoms with van der Waals surface area (Å²) in [5, 5.41) is 25.5. The second kappa shape index (κ2) is 6.71. The number of hydrogen-bond acceptors (Lipinski definition) is 6. The lowest BCUT2D eigenvalue weighted by Gasteiger charge is -2.05. The van der Waals surface area contributed by atoms with Crippen molar-refractivity contribution in [3.8, 4) is 0 Å². The van der Waals surface area contributed by atoms with Crippen LogP contribution in [0.25, 0.3) is 0 Å². The molecular weight excluding hydrogens is 260 g/mol. The molecule has 0 radical (unpaired) electrons. The molecule has 0 aliphatic heterocycles. The Hall–Kier alpha value is -2.35. The first-order valence-electron chi connectivity index (χ1n) is 6.39. The van der Waals surface area contributed by atoms with E-state index >= 15 is 0 Å². The van der Waals surface area contributed by atoms with Crippen LogP contribution in [0.4, 0.5) is 5.69 Å². The van der Waals surface area contributed by atoms with E-state index in [1.165, 1.54) is 12.1 Å². The highest BCUT2D eigenvalue weighted by molar-refractivity contribution is 5.34. The predicted octanol–water partition coefficient (Wildman–Crippen LogP) is 1.13. The maximum atomic E-state index is 10.7. The van der Waals surface area contributed by atoms with E-state index in [4.69, 9.17) is 0 Å². The second-order valence-corrected chi connectivity index (χ2v) is 4.36. The standard InChI is InChI=1S/C12H16N6O2/c1-2-6-13-8-12-14-15-16-17(12)9-10-4-3-5-11(7-10)18(19)20/h3-5,7,13H,2,6,8-9H2,1H3. The molecule has 0 saturated heterocycles. The van der Waals surface area contributed by atoms with Crippen molar-refractivity contribution < 1.29 is 4.92 Å². The molecule has 0 unspecified atom stereocenters. The Morgan fingerprint density at radius 3 is 3.05 bits per heavy atom. The Morgan fingerprint density at radius 1 is 1.45 bits per heavy atom. The molecular formula is C12H16N6O2. The highest BCUT2D eigenvalue weighted by Crippen LogP contribution is 2.14. The van der Waals surface area contributed by atoms with Gasteiger partial charge in [0, 0.05) is 12.1 Å². The number of hydrogen-bond donors (Lipinski definition) is 1. The highest BCUT2D eigenvalue weighted by atomic mass is 16.6. The maximum absolute atomic E-state index is 10.7. The number of non-ortho nitro benzene ring substituents is 1. The average Bonchev–Trinajstić information content (AvgIpc) is 2.87. The third kappa shape index (κ3) is 3.58. The largest absolute Gasteiger partial charge is 0.310 e. The van der Waals surface area contributed by atoms with Crippen molar-refractivity contribution in [1.29, 1.82) is 0 Å². The molecule has 106 valence electrons. The molecule has 8 heteroatoms. The van der Waals surface area contributed by atoms with Crippen LogP contribution in [0.2, 0.25) is 0 Å². The van der Waals surface area contributed by atoms with Crippen molar-refractivity contribution in [3.63, 3.8) is 0 Å². The van der Waals surface area contributed by atoms with Crippen LogP contribution >= 0.6 is 0 Å². The fraction of sp³-hybridized carbons (Fsp3) is 0.417. The number of nitrogens with one attached hydrogen (secondary N) is 1. The first kappa shape index (κ1) is 14.1. The van der Waals surface area contributed by atoms with Gasteiger partial charge in [-0.2, -0.15) is 0 Å². The molecule has 0 aliphatic carbocycles. The molecule has 0 spiro atoms. The zero-order chi connectivity index (χ0) is 14.4. The number of rotatable bonds is 7. The number of nitrogens with zero attached hydrogens (tertiary/aromatic N) is 5. The molecule has 0 aliphatic rings. The first-order valence-corrected chi connectivity index (χ1v) is 6.39. The molecule has 8 nitrogen and oxygen atoms in total. The summed E-state index contributed by atoms with van der Waals surface area (Å²) in [6, 6.07) is 6.47. The van der Waals surface area contributed by atoms with E-state index in [0.29, 0.717) is 18.9 Å². The summed E-state index contributed by atoms with van der Waals surface area (Å²) in [7, 11) is 0. The van der Waals surface area contributed by atoms with Gasteiger partial charge in [0.1, 0.15) is 0 Å². The summed E-state index contributed by atoms with van der Waals surface area (Å²) in [6.07, 6.45) is 1.03. The lowest BCUT2D eigenvalue weighted by atomic mass is 10.2. The van der Waals surface area contributed by atoms with Gasteiger partial charge in [0.25, 0.3) is 5.69 Å². The molecule has 0 fully saturated rings. The quantitative estimate of drug-likeness (QED) is 0.462. The molecule has 2 rings (SSSR count). The minimum absolute atomic E-state index is 0.0706. The third-order valence-corrected chi connectivity index (χ3v) is 2.77. The summed E-state index contributed by atoms with van der Waals surface area (Å²) in [6.45, 7) is 3.97. The number of nitro benzene ring substituents is 1. The lowest BCUT2D eigenvalue weighted by molar-refractivity contribution is -0.384. The van der Waals surface area contributed by atoms with E-state index < -0.39 is 4.92 Å². The molecule has 0 atom stereocenters. The minimum atomic E-state index is -0.410. The van der Waals surface area contributed by atoms with Gasteiger partial charge in [-0.3, -0.25) is 10.1 Å². The van der Waals surface area contributed by atoms with E-state index in [1.54, 1.807) is 10.7 Å². The Bertz CT molecular complexity index is 583. The fourth-order valence-electron chi connectivity index (χ4n) is 1.79. The van der Waals surface area contributed by atoms with Crippen LogP contribution in [-0.2, 0) is 13.1 Å². The monoisotopic (exact) mass is 276 g/mol. The predicted molar refractivity (Wildman–Crippen MR) is 72.0 cm³/mol. The van der Waals surface area contributed by atoms with Gasteiger partial charge in [-0.15, -0.1) is 5.10 Å². The van der Waals surface area contributed by atoms with Crippen LogP contribution in [0.1, 0.15) is 24.7 Å². The molecule has 0 saturated carbocycles. The maximum Gasteiger partial charge on any atom is 0.269 e. The minimum Gasteiger partial charge on any atom is -0.310 e. The summed E-state index contributed by atoms with van der Waals surface area (Å²) in [5.41, 5.74) is 0.865. The van der Waals surface area contributed by atoms with Crippen LogP contribution < -0.4 is 5.32 Å². The van der Waals surface area contributed by atoms with E-state index in [9.17, 15) is 10.1 Å². The Morgan fingerprint density at radius 2 is 2.30 bits per heavy atom. The van der Waals surface area contributed by atoms with Crippen LogP contribution in [-0.4, -0.2) is 31.7 Å². The molecule has 1 heterocycles. The zero-order valence-corrected chi connectivity index (χ0v) is 11.2. The van der Waals surface area contributed by atoms with Gasteiger partial charge >= 0.3 is 0 Å². The van der Waals surface area contributed by atoms with Gasteiger partial charge in [-0.05, 0) is 29.0 Å². The van der Waals surface area contributed by atoms with Gasteiger partial charge in [-0.25, -0.2) is 4.68 Å². The van der Waals surface area contributed by atoms with E-state index in [1.807, 2.05) is 6.07 Å². The summed E-state index contributed by atoms with van der Waals surface area (Å²) in [4.78, 5) is 10.3. The normalized spacial score (nSPS) is 10.7. The van der Waals surface area contributed by atoms with E-state index in [2.05, 4.69) is 27.8 Å². The highest BCUT2D eigenvalue weighted by Gasteiger charge is 2.09. The van der Waals surface area contributed by atoms with Crippen molar-refractivity contribution in [2.45, 2.75) is 26.4 Å². The summed E-state index contributed by atoms with van der Waals surface area (Å²) < 4.78 is 1.64. The third-order valence-electron chi connectivity index (χ3n) is 2.77. The van der Waals surface area contributed by atoms with Crippen molar-refractivity contribution in [1.82, 2.24) is 25.5 Å².